The summed E-state index contributed by atoms with van der Waals surface area (Å²) in [4.78, 5) is 12.2. The first kappa shape index (κ1) is 15.0. The standard InChI is InChI=1S/C16H11ClFNO2/c1-10(16(20)12-3-5-13(17)6-4-12)21-15-7-2-11(9-19)8-14(15)18/h2-8,10H,1H3. The third-order valence-corrected chi connectivity index (χ3v) is 3.11. The summed E-state index contributed by atoms with van der Waals surface area (Å²) >= 11 is 5.76. The van der Waals surface area contributed by atoms with E-state index in [0.717, 1.165) is 6.07 Å². The highest BCUT2D eigenvalue weighted by molar-refractivity contribution is 6.30. The number of nitrogens with zero attached hydrogens (tertiary/aromatic N) is 1. The van der Waals surface area contributed by atoms with Gasteiger partial charge in [-0.3, -0.25) is 4.79 Å². The molecule has 0 radical (unpaired) electrons. The van der Waals surface area contributed by atoms with E-state index in [1.54, 1.807) is 24.3 Å². The molecule has 5 heteroatoms. The maximum absolute atomic E-state index is 13.7. The molecule has 1 unspecified atom stereocenters. The van der Waals surface area contributed by atoms with Gasteiger partial charge in [-0.1, -0.05) is 11.6 Å². The summed E-state index contributed by atoms with van der Waals surface area (Å²) in [6, 6.07) is 12.0. The van der Waals surface area contributed by atoms with Crippen LogP contribution in [0.15, 0.2) is 42.5 Å². The summed E-state index contributed by atoms with van der Waals surface area (Å²) < 4.78 is 19.0. The van der Waals surface area contributed by atoms with Gasteiger partial charge in [-0.25, -0.2) is 4.39 Å². The lowest BCUT2D eigenvalue weighted by Gasteiger charge is -2.14. The third-order valence-electron chi connectivity index (χ3n) is 2.86. The minimum absolute atomic E-state index is 0.0659. The van der Waals surface area contributed by atoms with Crippen LogP contribution in [-0.4, -0.2) is 11.9 Å². The van der Waals surface area contributed by atoms with Gasteiger partial charge in [0.05, 0.1) is 11.6 Å². The molecule has 2 aromatic carbocycles. The molecule has 3 nitrogen and oxygen atoms in total. The van der Waals surface area contributed by atoms with E-state index in [-0.39, 0.29) is 17.1 Å². The maximum atomic E-state index is 13.7. The fraction of sp³-hybridized carbons (Fsp3) is 0.125. The van der Waals surface area contributed by atoms with Crippen LogP contribution in [-0.2, 0) is 0 Å². The Morgan fingerprint density at radius 3 is 2.52 bits per heavy atom. The number of ether oxygens (including phenoxy) is 1. The number of hydrogen-bond acceptors (Lipinski definition) is 3. The zero-order chi connectivity index (χ0) is 15.4. The Bertz CT molecular complexity index is 707. The van der Waals surface area contributed by atoms with Gasteiger partial charge in [-0.05, 0) is 49.4 Å². The van der Waals surface area contributed by atoms with Crippen LogP contribution in [0.3, 0.4) is 0 Å². The Morgan fingerprint density at radius 2 is 1.95 bits per heavy atom. The number of Topliss-reactive ketones (excluding diaryl/α,β-unsaturated/α-hetero) is 1. The summed E-state index contributed by atoms with van der Waals surface area (Å²) in [6.45, 7) is 1.54. The molecule has 2 rings (SSSR count). The van der Waals surface area contributed by atoms with E-state index in [4.69, 9.17) is 21.6 Å². The smallest absolute Gasteiger partial charge is 0.202 e. The largest absolute Gasteiger partial charge is 0.479 e. The number of hydrogen-bond donors (Lipinski definition) is 0. The molecule has 0 spiro atoms. The number of carbonyl (C=O) groups is 1. The van der Waals surface area contributed by atoms with Crippen molar-refractivity contribution in [3.8, 4) is 11.8 Å². The SMILES string of the molecule is CC(Oc1ccc(C#N)cc1F)C(=O)c1ccc(Cl)cc1. The van der Waals surface area contributed by atoms with E-state index in [0.29, 0.717) is 10.6 Å². The van der Waals surface area contributed by atoms with Crippen molar-refractivity contribution in [3.05, 3.63) is 64.4 Å². The molecule has 0 aromatic heterocycles. The quantitative estimate of drug-likeness (QED) is 0.802. The molecule has 21 heavy (non-hydrogen) atoms. The van der Waals surface area contributed by atoms with Gasteiger partial charge in [-0.2, -0.15) is 5.26 Å². The van der Waals surface area contributed by atoms with Gasteiger partial charge >= 0.3 is 0 Å². The van der Waals surface area contributed by atoms with E-state index in [1.807, 2.05) is 6.07 Å². The topological polar surface area (TPSA) is 50.1 Å². The average molecular weight is 304 g/mol. The van der Waals surface area contributed by atoms with E-state index in [9.17, 15) is 9.18 Å². The zero-order valence-corrected chi connectivity index (χ0v) is 11.9. The molecule has 0 N–H and O–H groups in total. The molecule has 0 fully saturated rings. The predicted octanol–water partition coefficient (Wildman–Crippen LogP) is 4.00. The van der Waals surface area contributed by atoms with Crippen LogP contribution in [0.5, 0.6) is 5.75 Å². The Labute approximate surface area is 126 Å². The Kier molecular flexibility index (Phi) is 4.56. The zero-order valence-electron chi connectivity index (χ0n) is 11.1. The Balaban J connectivity index is 2.14. The Morgan fingerprint density at radius 1 is 1.29 bits per heavy atom. The van der Waals surface area contributed by atoms with Crippen molar-refractivity contribution in [1.29, 1.82) is 5.26 Å². The summed E-state index contributed by atoms with van der Waals surface area (Å²) in [5, 5.41) is 9.20. The van der Waals surface area contributed by atoms with E-state index < -0.39 is 11.9 Å². The van der Waals surface area contributed by atoms with Gasteiger partial charge in [0.15, 0.2) is 17.7 Å². The molecule has 0 bridgehead atoms. The van der Waals surface area contributed by atoms with Gasteiger partial charge in [0.1, 0.15) is 0 Å². The Hall–Kier alpha value is -2.38. The molecular formula is C16H11ClFNO2. The van der Waals surface area contributed by atoms with Gasteiger partial charge in [0, 0.05) is 10.6 Å². The normalized spacial score (nSPS) is 11.5. The first-order chi connectivity index (χ1) is 10.0. The predicted molar refractivity (Wildman–Crippen MR) is 77.0 cm³/mol. The maximum Gasteiger partial charge on any atom is 0.202 e. The molecular weight excluding hydrogens is 293 g/mol. The van der Waals surface area contributed by atoms with Crippen LogP contribution in [0.2, 0.25) is 5.02 Å². The summed E-state index contributed by atoms with van der Waals surface area (Å²) in [5.74, 6) is -1.02. The van der Waals surface area contributed by atoms with Gasteiger partial charge in [0.25, 0.3) is 0 Å². The molecule has 0 saturated heterocycles. The summed E-state index contributed by atoms with van der Waals surface area (Å²) in [7, 11) is 0. The van der Waals surface area contributed by atoms with Crippen molar-refractivity contribution >= 4 is 17.4 Å². The fourth-order valence-electron chi connectivity index (χ4n) is 1.76. The molecule has 0 heterocycles. The second-order valence-corrected chi connectivity index (χ2v) is 4.82. The second kappa shape index (κ2) is 6.38. The van der Waals surface area contributed by atoms with Gasteiger partial charge in [-0.15, -0.1) is 0 Å². The number of ketones is 1. The number of benzene rings is 2. The van der Waals surface area contributed by atoms with Crippen molar-refractivity contribution < 1.29 is 13.9 Å². The minimum atomic E-state index is -0.853. The summed E-state index contributed by atoms with van der Waals surface area (Å²) in [5.41, 5.74) is 0.623. The van der Waals surface area contributed by atoms with Crippen molar-refractivity contribution in [1.82, 2.24) is 0 Å². The highest BCUT2D eigenvalue weighted by Crippen LogP contribution is 2.21. The van der Waals surface area contributed by atoms with Crippen LogP contribution < -0.4 is 4.74 Å². The van der Waals surface area contributed by atoms with E-state index in [1.165, 1.54) is 19.1 Å². The van der Waals surface area contributed by atoms with Crippen LogP contribution in [0.1, 0.15) is 22.8 Å². The monoisotopic (exact) mass is 303 g/mol. The van der Waals surface area contributed by atoms with Crippen molar-refractivity contribution in [2.45, 2.75) is 13.0 Å². The lowest BCUT2D eigenvalue weighted by Crippen LogP contribution is -2.24. The van der Waals surface area contributed by atoms with Gasteiger partial charge in [0.2, 0.25) is 5.78 Å². The molecule has 0 aliphatic carbocycles. The molecule has 0 aliphatic heterocycles. The number of rotatable bonds is 4. The molecule has 2 aromatic rings. The van der Waals surface area contributed by atoms with Crippen LogP contribution in [0.4, 0.5) is 4.39 Å². The molecule has 106 valence electrons. The highest BCUT2D eigenvalue weighted by Gasteiger charge is 2.18. The van der Waals surface area contributed by atoms with Crippen LogP contribution in [0.25, 0.3) is 0 Å². The van der Waals surface area contributed by atoms with Crippen molar-refractivity contribution in [2.24, 2.45) is 0 Å². The summed E-state index contributed by atoms with van der Waals surface area (Å²) in [6.07, 6.45) is -0.853. The van der Waals surface area contributed by atoms with Crippen molar-refractivity contribution in [3.63, 3.8) is 0 Å². The minimum Gasteiger partial charge on any atom is -0.479 e. The highest BCUT2D eigenvalue weighted by atomic mass is 35.5. The van der Waals surface area contributed by atoms with E-state index >= 15 is 0 Å². The van der Waals surface area contributed by atoms with Gasteiger partial charge < -0.3 is 4.74 Å². The second-order valence-electron chi connectivity index (χ2n) is 4.39. The van der Waals surface area contributed by atoms with Crippen LogP contribution in [0, 0.1) is 17.1 Å². The lowest BCUT2D eigenvalue weighted by molar-refractivity contribution is 0.0812. The van der Waals surface area contributed by atoms with Crippen molar-refractivity contribution in [2.75, 3.05) is 0 Å². The molecule has 0 saturated carbocycles. The lowest BCUT2D eigenvalue weighted by atomic mass is 10.1. The number of carbonyl (C=O) groups excluding carboxylic acids is 1. The first-order valence-electron chi connectivity index (χ1n) is 6.17. The third kappa shape index (κ3) is 3.59. The first-order valence-corrected chi connectivity index (χ1v) is 6.55. The molecule has 1 atom stereocenters. The fourth-order valence-corrected chi connectivity index (χ4v) is 1.88. The number of halogens is 2. The van der Waals surface area contributed by atoms with Crippen LogP contribution >= 0.6 is 11.6 Å². The average Bonchev–Trinajstić information content (AvgIpc) is 2.49. The van der Waals surface area contributed by atoms with E-state index in [2.05, 4.69) is 0 Å². The molecule has 0 aliphatic rings. The number of nitriles is 1. The molecule has 0 amide bonds.